The zero-order valence-corrected chi connectivity index (χ0v) is 4.12. The minimum absolute atomic E-state index is 0.148. The second-order valence-electron chi connectivity index (χ2n) is 1.55. The smallest absolute Gasteiger partial charge is 0.380 e. The van der Waals surface area contributed by atoms with Crippen molar-refractivity contribution in [3.63, 3.8) is 0 Å². The van der Waals surface area contributed by atoms with Crippen molar-refractivity contribution in [3.8, 4) is 0 Å². The molecule has 0 aliphatic carbocycles. The van der Waals surface area contributed by atoms with Crippen LogP contribution in [0.25, 0.3) is 11.6 Å². The van der Waals surface area contributed by atoms with E-state index in [1.165, 1.54) is 0 Å². The van der Waals surface area contributed by atoms with E-state index in [1.54, 1.807) is 0 Å². The molecule has 0 saturated carbocycles. The summed E-state index contributed by atoms with van der Waals surface area (Å²) < 4.78 is 4.60. The van der Waals surface area contributed by atoms with Crippen LogP contribution in [-0.2, 0) is 0 Å². The zero-order chi connectivity index (χ0) is 6.43. The number of aromatic amines is 1. The molecule has 0 atom stereocenters. The van der Waals surface area contributed by atoms with E-state index in [0.29, 0.717) is 0 Å². The molecule has 6 heteroatoms. The predicted molar refractivity (Wildman–Crippen MR) is 26.2 cm³/mol. The van der Waals surface area contributed by atoms with Crippen LogP contribution in [0.2, 0.25) is 0 Å². The molecule has 6 nitrogen and oxygen atoms in total. The highest BCUT2D eigenvalue weighted by molar-refractivity contribution is 5.61. The van der Waals surface area contributed by atoms with E-state index in [-0.39, 0.29) is 17.4 Å². The van der Waals surface area contributed by atoms with Crippen molar-refractivity contribution in [2.75, 3.05) is 0 Å². The SMILES string of the molecule is O=[N+]([O-])c1nc2[nH]c1o2. The molecule has 0 spiro atoms. The van der Waals surface area contributed by atoms with Gasteiger partial charge in [-0.25, -0.2) is 4.98 Å². The van der Waals surface area contributed by atoms with Crippen LogP contribution in [-0.4, -0.2) is 14.9 Å². The van der Waals surface area contributed by atoms with Crippen molar-refractivity contribution in [2.45, 2.75) is 0 Å². The van der Waals surface area contributed by atoms with Crippen LogP contribution in [0.1, 0.15) is 0 Å². The first-order chi connectivity index (χ1) is 4.27. The summed E-state index contributed by atoms with van der Waals surface area (Å²) in [5.74, 6) is -0.0123. The molecule has 0 aliphatic heterocycles. The quantitative estimate of drug-likeness (QED) is 0.446. The highest BCUT2D eigenvalue weighted by Gasteiger charge is 2.25. The first kappa shape index (κ1) is 4.30. The molecule has 3 rings (SSSR count). The maximum atomic E-state index is 9.96. The third-order valence-electron chi connectivity index (χ3n) is 1.00. The molecule has 0 unspecified atom stereocenters. The van der Waals surface area contributed by atoms with Crippen molar-refractivity contribution in [1.82, 2.24) is 9.97 Å². The highest BCUT2D eigenvalue weighted by atomic mass is 16.6. The van der Waals surface area contributed by atoms with Gasteiger partial charge in [-0.3, -0.25) is 0 Å². The van der Waals surface area contributed by atoms with Crippen molar-refractivity contribution >= 4 is 17.4 Å². The average Bonchev–Trinajstić information content (AvgIpc) is 2.12. The Labute approximate surface area is 48.0 Å². The number of nitrogens with one attached hydrogen (secondary N) is 1. The second-order valence-corrected chi connectivity index (χ2v) is 1.55. The summed E-state index contributed by atoms with van der Waals surface area (Å²) >= 11 is 0. The van der Waals surface area contributed by atoms with Gasteiger partial charge in [0.15, 0.2) is 0 Å². The van der Waals surface area contributed by atoms with E-state index in [9.17, 15) is 10.1 Å². The molecule has 3 heterocycles. The Kier molecular flexibility index (Phi) is 0.499. The summed E-state index contributed by atoms with van der Waals surface area (Å²) in [7, 11) is 0. The minimum Gasteiger partial charge on any atom is -0.380 e. The molecule has 2 bridgehead atoms. The van der Waals surface area contributed by atoms with E-state index in [2.05, 4.69) is 14.4 Å². The van der Waals surface area contributed by atoms with Gasteiger partial charge in [0, 0.05) is 4.98 Å². The van der Waals surface area contributed by atoms with Gasteiger partial charge in [0.2, 0.25) is 0 Å². The molecule has 0 saturated heterocycles. The number of nitro groups is 1. The lowest BCUT2D eigenvalue weighted by Gasteiger charge is -1.83. The van der Waals surface area contributed by atoms with Gasteiger partial charge in [-0.15, -0.1) is 0 Å². The van der Waals surface area contributed by atoms with Gasteiger partial charge < -0.3 is 14.5 Å². The Morgan fingerprint density at radius 1 is 1.78 bits per heavy atom. The normalized spacial score (nSPS) is 11.1. The molecular weight excluding hydrogens is 126 g/mol. The molecule has 3 aromatic rings. The molecule has 0 aliphatic rings. The predicted octanol–water partition coefficient (Wildman–Crippen LogP) is 0.502. The number of nitrogens with zero attached hydrogens (tertiary/aromatic N) is 2. The Balaban J connectivity index is 2.66. The molecule has 0 radical (unpaired) electrons. The van der Waals surface area contributed by atoms with Crippen molar-refractivity contribution in [1.29, 1.82) is 0 Å². The molecule has 3 aromatic heterocycles. The molecular formula is C3HN3O3. The maximum Gasteiger partial charge on any atom is 0.430 e. The van der Waals surface area contributed by atoms with Gasteiger partial charge in [-0.1, -0.05) is 0 Å². The van der Waals surface area contributed by atoms with Crippen LogP contribution in [0.15, 0.2) is 4.42 Å². The molecule has 46 valence electrons. The number of hydrogen-bond donors (Lipinski definition) is 1. The topological polar surface area (TPSA) is 85.0 Å². The van der Waals surface area contributed by atoms with Gasteiger partial charge in [-0.2, -0.15) is 0 Å². The van der Waals surface area contributed by atoms with E-state index in [4.69, 9.17) is 0 Å². The fraction of sp³-hybridized carbons (Fsp3) is 0. The van der Waals surface area contributed by atoms with Crippen molar-refractivity contribution in [3.05, 3.63) is 10.1 Å². The number of oxazole rings is 1. The van der Waals surface area contributed by atoms with E-state index in [1.807, 2.05) is 0 Å². The van der Waals surface area contributed by atoms with Gasteiger partial charge in [0.05, 0.1) is 0 Å². The van der Waals surface area contributed by atoms with Crippen LogP contribution in [0.3, 0.4) is 0 Å². The molecule has 0 aromatic carbocycles. The number of aromatic nitrogens is 2. The first-order valence-electron chi connectivity index (χ1n) is 2.19. The van der Waals surface area contributed by atoms with Crippen LogP contribution >= 0.6 is 0 Å². The summed E-state index contributed by atoms with van der Waals surface area (Å²) in [6.07, 6.45) is 0. The third kappa shape index (κ3) is 0.368. The average molecular weight is 127 g/mol. The van der Waals surface area contributed by atoms with Crippen LogP contribution in [0.5, 0.6) is 0 Å². The number of rotatable bonds is 1. The standard InChI is InChI=1S/C3HN3O3/c7-6(8)1-2-5-3(4-1)9-2/h(H,4,5). The lowest BCUT2D eigenvalue weighted by Crippen LogP contribution is -1.85. The molecule has 0 fully saturated rings. The van der Waals surface area contributed by atoms with E-state index >= 15 is 0 Å². The molecule has 1 N–H and O–H groups in total. The number of hydrogen-bond acceptors (Lipinski definition) is 4. The fourth-order valence-corrected chi connectivity index (χ4v) is 0.621. The maximum absolute atomic E-state index is 9.96. The summed E-state index contributed by atoms with van der Waals surface area (Å²) in [6.45, 7) is 0. The van der Waals surface area contributed by atoms with E-state index in [0.717, 1.165) is 0 Å². The summed E-state index contributed by atoms with van der Waals surface area (Å²) in [4.78, 5) is 15.3. The number of H-pyrrole nitrogens is 1. The Bertz CT molecular complexity index is 318. The van der Waals surface area contributed by atoms with Gasteiger partial charge in [0.1, 0.15) is 0 Å². The number of imidazole rings is 1. The summed E-state index contributed by atoms with van der Waals surface area (Å²) in [6, 6.07) is 0. The second kappa shape index (κ2) is 1.04. The third-order valence-corrected chi connectivity index (χ3v) is 1.00. The van der Waals surface area contributed by atoms with Gasteiger partial charge >= 0.3 is 17.4 Å². The van der Waals surface area contributed by atoms with Crippen LogP contribution in [0.4, 0.5) is 5.82 Å². The monoisotopic (exact) mass is 127 g/mol. The van der Waals surface area contributed by atoms with Crippen LogP contribution < -0.4 is 0 Å². The van der Waals surface area contributed by atoms with Gasteiger partial charge in [-0.05, 0) is 4.92 Å². The zero-order valence-electron chi connectivity index (χ0n) is 4.12. The Morgan fingerprint density at radius 3 is 2.67 bits per heavy atom. The van der Waals surface area contributed by atoms with Gasteiger partial charge in [0.25, 0.3) is 0 Å². The minimum atomic E-state index is -0.595. The van der Waals surface area contributed by atoms with Crippen molar-refractivity contribution in [2.24, 2.45) is 0 Å². The van der Waals surface area contributed by atoms with Crippen molar-refractivity contribution < 1.29 is 9.34 Å². The largest absolute Gasteiger partial charge is 0.430 e. The summed E-state index contributed by atoms with van der Waals surface area (Å²) in [5.41, 5.74) is 0.148. The number of fused-ring (bicyclic) bond motifs is 1. The lowest BCUT2D eigenvalue weighted by atomic mass is 10.7. The Morgan fingerprint density at radius 2 is 2.44 bits per heavy atom. The highest BCUT2D eigenvalue weighted by Crippen LogP contribution is 2.22. The molecule has 0 amide bonds. The first-order valence-corrected chi connectivity index (χ1v) is 2.19. The Hall–Kier alpha value is -1.59. The van der Waals surface area contributed by atoms with E-state index < -0.39 is 4.92 Å². The fourth-order valence-electron chi connectivity index (χ4n) is 0.621. The van der Waals surface area contributed by atoms with Crippen LogP contribution in [0, 0.1) is 10.1 Å². The summed E-state index contributed by atoms with van der Waals surface area (Å²) in [5, 5.41) is 9.96. The molecule has 9 heavy (non-hydrogen) atoms. The lowest BCUT2D eigenvalue weighted by molar-refractivity contribution is -0.387.